The first-order valence-corrected chi connectivity index (χ1v) is 9.18. The van der Waals surface area contributed by atoms with Gasteiger partial charge >= 0.3 is 0 Å². The van der Waals surface area contributed by atoms with Gasteiger partial charge in [-0.15, -0.1) is 0 Å². The second-order valence-electron chi connectivity index (χ2n) is 6.81. The summed E-state index contributed by atoms with van der Waals surface area (Å²) >= 11 is 0. The lowest BCUT2D eigenvalue weighted by atomic mass is 10.0. The number of hydrogen-bond acceptors (Lipinski definition) is 3. The molecular weight excluding hydrogens is 328 g/mol. The summed E-state index contributed by atoms with van der Waals surface area (Å²) in [6.07, 6.45) is 3.58. The molecular formula is C20H26N4O2. The van der Waals surface area contributed by atoms with E-state index in [1.165, 1.54) is 25.5 Å². The Kier molecular flexibility index (Phi) is 5.71. The van der Waals surface area contributed by atoms with Gasteiger partial charge in [0.05, 0.1) is 24.7 Å². The number of amides is 2. The van der Waals surface area contributed by atoms with Gasteiger partial charge in [0.25, 0.3) is 0 Å². The van der Waals surface area contributed by atoms with Crippen molar-refractivity contribution in [2.75, 3.05) is 0 Å². The molecule has 1 aliphatic heterocycles. The molecule has 3 rings (SSSR count). The molecule has 0 saturated heterocycles. The SMILES string of the molecule is CC(=O)N[C@H](CC(=O)NCc1nc(C)n2c1CCCC2)c1ccccc1. The number of nitrogens with zero attached hydrogens (tertiary/aromatic N) is 2. The van der Waals surface area contributed by atoms with E-state index in [0.717, 1.165) is 30.0 Å². The van der Waals surface area contributed by atoms with Crippen molar-refractivity contribution < 1.29 is 9.59 Å². The van der Waals surface area contributed by atoms with E-state index in [1.807, 2.05) is 37.3 Å². The van der Waals surface area contributed by atoms with Crippen molar-refractivity contribution in [3.8, 4) is 0 Å². The molecule has 2 N–H and O–H groups in total. The highest BCUT2D eigenvalue weighted by atomic mass is 16.2. The summed E-state index contributed by atoms with van der Waals surface area (Å²) in [5.74, 6) is 0.776. The van der Waals surface area contributed by atoms with Crippen molar-refractivity contribution >= 4 is 11.8 Å². The molecule has 0 unspecified atom stereocenters. The minimum atomic E-state index is -0.327. The van der Waals surface area contributed by atoms with Crippen LogP contribution in [-0.2, 0) is 29.1 Å². The average Bonchev–Trinajstić information content (AvgIpc) is 2.96. The lowest BCUT2D eigenvalue weighted by Gasteiger charge is -2.18. The van der Waals surface area contributed by atoms with Crippen molar-refractivity contribution in [3.05, 3.63) is 53.1 Å². The fourth-order valence-corrected chi connectivity index (χ4v) is 3.57. The Bertz CT molecular complexity index is 783. The van der Waals surface area contributed by atoms with Crippen molar-refractivity contribution in [1.29, 1.82) is 0 Å². The number of nitrogens with one attached hydrogen (secondary N) is 2. The topological polar surface area (TPSA) is 76.0 Å². The Morgan fingerprint density at radius 1 is 1.23 bits per heavy atom. The van der Waals surface area contributed by atoms with Crippen molar-refractivity contribution in [1.82, 2.24) is 20.2 Å². The van der Waals surface area contributed by atoms with Gasteiger partial charge in [-0.05, 0) is 31.7 Å². The zero-order chi connectivity index (χ0) is 18.5. The number of benzene rings is 1. The first-order chi connectivity index (χ1) is 12.5. The number of rotatable bonds is 6. The van der Waals surface area contributed by atoms with Crippen LogP contribution in [0, 0.1) is 6.92 Å². The Morgan fingerprint density at radius 3 is 2.73 bits per heavy atom. The van der Waals surface area contributed by atoms with E-state index in [0.29, 0.717) is 6.54 Å². The number of carbonyl (C=O) groups is 2. The van der Waals surface area contributed by atoms with Crippen molar-refractivity contribution in [3.63, 3.8) is 0 Å². The van der Waals surface area contributed by atoms with Gasteiger partial charge in [0.2, 0.25) is 11.8 Å². The number of fused-ring (bicyclic) bond motifs is 1. The van der Waals surface area contributed by atoms with Crippen LogP contribution in [0.25, 0.3) is 0 Å². The highest BCUT2D eigenvalue weighted by Crippen LogP contribution is 2.21. The predicted octanol–water partition coefficient (Wildman–Crippen LogP) is 2.41. The van der Waals surface area contributed by atoms with E-state index >= 15 is 0 Å². The number of hydrogen-bond donors (Lipinski definition) is 2. The highest BCUT2D eigenvalue weighted by Gasteiger charge is 2.20. The molecule has 6 nitrogen and oxygen atoms in total. The van der Waals surface area contributed by atoms with E-state index in [2.05, 4.69) is 20.2 Å². The molecule has 0 spiro atoms. The van der Waals surface area contributed by atoms with Gasteiger partial charge in [0.15, 0.2) is 0 Å². The third-order valence-electron chi connectivity index (χ3n) is 4.81. The molecule has 0 saturated carbocycles. The molecule has 0 fully saturated rings. The average molecular weight is 354 g/mol. The fourth-order valence-electron chi connectivity index (χ4n) is 3.57. The number of imidazole rings is 1. The largest absolute Gasteiger partial charge is 0.350 e. The summed E-state index contributed by atoms with van der Waals surface area (Å²) in [5, 5.41) is 5.83. The summed E-state index contributed by atoms with van der Waals surface area (Å²) in [7, 11) is 0. The maximum Gasteiger partial charge on any atom is 0.222 e. The fraction of sp³-hybridized carbons (Fsp3) is 0.450. The van der Waals surface area contributed by atoms with E-state index in [-0.39, 0.29) is 24.3 Å². The number of aromatic nitrogens is 2. The van der Waals surface area contributed by atoms with E-state index in [9.17, 15) is 9.59 Å². The van der Waals surface area contributed by atoms with Crippen LogP contribution in [0.4, 0.5) is 0 Å². The molecule has 138 valence electrons. The maximum atomic E-state index is 12.5. The Labute approximate surface area is 154 Å². The lowest BCUT2D eigenvalue weighted by Crippen LogP contribution is -2.32. The molecule has 0 radical (unpaired) electrons. The van der Waals surface area contributed by atoms with E-state index in [1.54, 1.807) is 0 Å². The van der Waals surface area contributed by atoms with Gasteiger partial charge in [-0.1, -0.05) is 30.3 Å². The molecule has 2 heterocycles. The van der Waals surface area contributed by atoms with Gasteiger partial charge in [-0.3, -0.25) is 9.59 Å². The van der Waals surface area contributed by atoms with Gasteiger partial charge in [0.1, 0.15) is 5.82 Å². The number of carbonyl (C=O) groups excluding carboxylic acids is 2. The van der Waals surface area contributed by atoms with Crippen molar-refractivity contribution in [2.24, 2.45) is 0 Å². The summed E-state index contributed by atoms with van der Waals surface area (Å²) in [4.78, 5) is 28.6. The predicted molar refractivity (Wildman–Crippen MR) is 99.4 cm³/mol. The zero-order valence-corrected chi connectivity index (χ0v) is 15.4. The monoisotopic (exact) mass is 354 g/mol. The smallest absolute Gasteiger partial charge is 0.222 e. The summed E-state index contributed by atoms with van der Waals surface area (Å²) in [6, 6.07) is 9.24. The molecule has 1 atom stereocenters. The third-order valence-corrected chi connectivity index (χ3v) is 4.81. The number of aryl methyl sites for hydroxylation is 1. The Morgan fingerprint density at radius 2 is 2.00 bits per heavy atom. The Hall–Kier alpha value is -2.63. The normalized spacial score (nSPS) is 14.4. The molecule has 1 aromatic heterocycles. The van der Waals surface area contributed by atoms with Crippen LogP contribution in [0.5, 0.6) is 0 Å². The molecule has 26 heavy (non-hydrogen) atoms. The van der Waals surface area contributed by atoms with Gasteiger partial charge < -0.3 is 15.2 Å². The summed E-state index contributed by atoms with van der Waals surface area (Å²) in [6.45, 7) is 4.93. The second kappa shape index (κ2) is 8.17. The van der Waals surface area contributed by atoms with Gasteiger partial charge in [-0.25, -0.2) is 4.98 Å². The molecule has 1 aliphatic rings. The van der Waals surface area contributed by atoms with Crippen LogP contribution in [0.1, 0.15) is 55.0 Å². The lowest BCUT2D eigenvalue weighted by molar-refractivity contribution is -0.122. The minimum absolute atomic E-state index is 0.0946. The third kappa shape index (κ3) is 4.31. The molecule has 2 aromatic rings. The van der Waals surface area contributed by atoms with Crippen LogP contribution in [0.15, 0.2) is 30.3 Å². The zero-order valence-electron chi connectivity index (χ0n) is 15.4. The first kappa shape index (κ1) is 18.2. The Balaban J connectivity index is 1.63. The van der Waals surface area contributed by atoms with Crippen LogP contribution in [0.3, 0.4) is 0 Å². The molecule has 0 bridgehead atoms. The summed E-state index contributed by atoms with van der Waals surface area (Å²) < 4.78 is 2.26. The first-order valence-electron chi connectivity index (χ1n) is 9.18. The summed E-state index contributed by atoms with van der Waals surface area (Å²) in [5.41, 5.74) is 3.13. The minimum Gasteiger partial charge on any atom is -0.350 e. The van der Waals surface area contributed by atoms with E-state index < -0.39 is 0 Å². The molecule has 1 aromatic carbocycles. The highest BCUT2D eigenvalue weighted by molar-refractivity contribution is 5.79. The maximum absolute atomic E-state index is 12.5. The van der Waals surface area contributed by atoms with Crippen LogP contribution in [0.2, 0.25) is 0 Å². The second-order valence-corrected chi connectivity index (χ2v) is 6.81. The standard InChI is InChI=1S/C20H26N4O2/c1-14-22-18(19-10-6-7-11-24(14)19)13-21-20(26)12-17(23-15(2)25)16-8-4-3-5-9-16/h3-5,8-9,17H,6-7,10-13H2,1-2H3,(H,21,26)(H,23,25)/t17-/m1/s1. The van der Waals surface area contributed by atoms with Gasteiger partial charge in [0, 0.05) is 19.2 Å². The van der Waals surface area contributed by atoms with Crippen LogP contribution < -0.4 is 10.6 Å². The van der Waals surface area contributed by atoms with Crippen molar-refractivity contribution in [2.45, 2.75) is 58.7 Å². The molecule has 0 aliphatic carbocycles. The molecule has 2 amide bonds. The molecule has 6 heteroatoms. The van der Waals surface area contributed by atoms with E-state index in [4.69, 9.17) is 0 Å². The van der Waals surface area contributed by atoms with Gasteiger partial charge in [-0.2, -0.15) is 0 Å². The quantitative estimate of drug-likeness (QED) is 0.836. The van der Waals surface area contributed by atoms with Crippen LogP contribution >= 0.6 is 0 Å². The van der Waals surface area contributed by atoms with Crippen LogP contribution in [-0.4, -0.2) is 21.4 Å².